The number of nitrogens with zero attached hydrogens (tertiary/aromatic N) is 4. The number of aromatic hydroxyl groups is 1. The molecule has 0 atom stereocenters. The molecule has 0 bridgehead atoms. The molecule has 0 saturated carbocycles. The summed E-state index contributed by atoms with van der Waals surface area (Å²) in [6.45, 7) is 1.67. The third kappa shape index (κ3) is 3.06. The molecule has 0 amide bonds. The smallest absolute Gasteiger partial charge is 0.370 e. The fourth-order valence-corrected chi connectivity index (χ4v) is 3.29. The number of phenolic OH excluding ortho intramolecular Hbond substituents is 1. The van der Waals surface area contributed by atoms with Crippen LogP contribution in [0.4, 0.5) is 5.82 Å². The standard InChI is InChI=1S/C20H20N4O2/c25-17-12-6-5-11-16(17)18-19(23-13-7-2-8-14-23)21-20(26)24(22-18)15-9-3-1-4-10-15/h1,3-6,9-12,25H,2,7-8,13-14H2. The molecule has 1 aliphatic rings. The van der Waals surface area contributed by atoms with Crippen molar-refractivity contribution in [1.82, 2.24) is 14.8 Å². The molecule has 2 aromatic carbocycles. The van der Waals surface area contributed by atoms with Crippen molar-refractivity contribution in [2.24, 2.45) is 0 Å². The number of aromatic nitrogens is 3. The second kappa shape index (κ2) is 7.00. The van der Waals surface area contributed by atoms with Crippen molar-refractivity contribution in [3.05, 3.63) is 65.1 Å². The average molecular weight is 348 g/mol. The topological polar surface area (TPSA) is 71.2 Å². The van der Waals surface area contributed by atoms with Crippen molar-refractivity contribution in [2.75, 3.05) is 18.0 Å². The molecule has 1 saturated heterocycles. The van der Waals surface area contributed by atoms with Crippen molar-refractivity contribution in [3.8, 4) is 22.7 Å². The van der Waals surface area contributed by atoms with Crippen LogP contribution in [0.2, 0.25) is 0 Å². The SMILES string of the molecule is O=c1nc(N2CCCCC2)c(-c2ccccc2O)nn1-c1ccccc1. The molecule has 0 radical (unpaired) electrons. The Labute approximate surface area is 151 Å². The van der Waals surface area contributed by atoms with Crippen molar-refractivity contribution in [1.29, 1.82) is 0 Å². The van der Waals surface area contributed by atoms with E-state index in [0.717, 1.165) is 25.9 Å². The maximum absolute atomic E-state index is 12.7. The third-order valence-corrected chi connectivity index (χ3v) is 4.61. The summed E-state index contributed by atoms with van der Waals surface area (Å²) in [5.41, 5.74) is 1.32. The molecule has 132 valence electrons. The van der Waals surface area contributed by atoms with Gasteiger partial charge in [0.05, 0.1) is 5.69 Å². The van der Waals surface area contributed by atoms with E-state index in [0.29, 0.717) is 22.8 Å². The predicted octanol–water partition coefficient (Wildman–Crippen LogP) is 2.99. The molecule has 1 N–H and O–H groups in total. The van der Waals surface area contributed by atoms with Crippen LogP contribution in [0.15, 0.2) is 59.4 Å². The lowest BCUT2D eigenvalue weighted by molar-refractivity contribution is 0.476. The van der Waals surface area contributed by atoms with Gasteiger partial charge in [0, 0.05) is 18.7 Å². The van der Waals surface area contributed by atoms with Crippen molar-refractivity contribution in [3.63, 3.8) is 0 Å². The molecular weight excluding hydrogens is 328 g/mol. The highest BCUT2D eigenvalue weighted by Gasteiger charge is 2.22. The van der Waals surface area contributed by atoms with Gasteiger partial charge >= 0.3 is 5.69 Å². The first-order valence-corrected chi connectivity index (χ1v) is 8.84. The van der Waals surface area contributed by atoms with Gasteiger partial charge in [-0.3, -0.25) is 0 Å². The van der Waals surface area contributed by atoms with E-state index < -0.39 is 5.69 Å². The Kier molecular flexibility index (Phi) is 4.39. The molecule has 1 aromatic heterocycles. The summed E-state index contributed by atoms with van der Waals surface area (Å²) in [7, 11) is 0. The van der Waals surface area contributed by atoms with E-state index in [1.807, 2.05) is 36.4 Å². The van der Waals surface area contributed by atoms with Crippen LogP contribution in [-0.2, 0) is 0 Å². The average Bonchev–Trinajstić information content (AvgIpc) is 2.70. The van der Waals surface area contributed by atoms with Gasteiger partial charge in [-0.05, 0) is 43.5 Å². The summed E-state index contributed by atoms with van der Waals surface area (Å²) in [4.78, 5) is 19.1. The monoisotopic (exact) mass is 348 g/mol. The minimum atomic E-state index is -0.420. The molecule has 1 aliphatic heterocycles. The number of hydrogen-bond acceptors (Lipinski definition) is 5. The molecule has 0 unspecified atom stereocenters. The van der Waals surface area contributed by atoms with Crippen molar-refractivity contribution in [2.45, 2.75) is 19.3 Å². The Morgan fingerprint density at radius 2 is 1.58 bits per heavy atom. The molecule has 26 heavy (non-hydrogen) atoms. The molecule has 2 heterocycles. The largest absolute Gasteiger partial charge is 0.507 e. The third-order valence-electron chi connectivity index (χ3n) is 4.61. The first-order chi connectivity index (χ1) is 12.7. The zero-order valence-electron chi connectivity index (χ0n) is 14.4. The summed E-state index contributed by atoms with van der Waals surface area (Å²) in [6, 6.07) is 16.2. The lowest BCUT2D eigenvalue weighted by Crippen LogP contribution is -2.35. The van der Waals surface area contributed by atoms with Gasteiger partial charge in [0.1, 0.15) is 11.4 Å². The maximum atomic E-state index is 12.7. The molecule has 6 nitrogen and oxygen atoms in total. The van der Waals surface area contributed by atoms with E-state index in [2.05, 4.69) is 15.0 Å². The van der Waals surface area contributed by atoms with Crippen LogP contribution in [0.1, 0.15) is 19.3 Å². The summed E-state index contributed by atoms with van der Waals surface area (Å²) < 4.78 is 1.29. The first-order valence-electron chi connectivity index (χ1n) is 8.84. The highest BCUT2D eigenvalue weighted by atomic mass is 16.3. The van der Waals surface area contributed by atoms with Crippen LogP contribution in [-0.4, -0.2) is 33.0 Å². The zero-order valence-corrected chi connectivity index (χ0v) is 14.4. The first kappa shape index (κ1) is 16.3. The zero-order chi connectivity index (χ0) is 17.9. The van der Waals surface area contributed by atoms with Gasteiger partial charge < -0.3 is 10.0 Å². The molecule has 4 rings (SSSR count). The molecule has 3 aromatic rings. The highest BCUT2D eigenvalue weighted by Crippen LogP contribution is 2.33. The second-order valence-corrected chi connectivity index (χ2v) is 6.38. The molecular formula is C20H20N4O2. The highest BCUT2D eigenvalue weighted by molar-refractivity contribution is 5.76. The van der Waals surface area contributed by atoms with Crippen LogP contribution < -0.4 is 10.6 Å². The summed E-state index contributed by atoms with van der Waals surface area (Å²) in [5, 5.41) is 14.9. The Balaban J connectivity index is 1.93. The lowest BCUT2D eigenvalue weighted by Gasteiger charge is -2.29. The number of anilines is 1. The summed E-state index contributed by atoms with van der Waals surface area (Å²) in [5.74, 6) is 0.668. The van der Waals surface area contributed by atoms with Gasteiger partial charge in [0.15, 0.2) is 5.82 Å². The van der Waals surface area contributed by atoms with Gasteiger partial charge in [-0.25, -0.2) is 4.79 Å². The van der Waals surface area contributed by atoms with E-state index in [1.165, 1.54) is 11.1 Å². The fraction of sp³-hybridized carbons (Fsp3) is 0.250. The van der Waals surface area contributed by atoms with E-state index in [9.17, 15) is 9.90 Å². The van der Waals surface area contributed by atoms with E-state index >= 15 is 0 Å². The Hall–Kier alpha value is -3.15. The summed E-state index contributed by atoms with van der Waals surface area (Å²) in [6.07, 6.45) is 3.30. The second-order valence-electron chi connectivity index (χ2n) is 6.38. The van der Waals surface area contributed by atoms with Crippen molar-refractivity contribution < 1.29 is 5.11 Å². The number of rotatable bonds is 3. The van der Waals surface area contributed by atoms with Gasteiger partial charge in [0.25, 0.3) is 0 Å². The number of benzene rings is 2. The number of para-hydroxylation sites is 2. The van der Waals surface area contributed by atoms with Gasteiger partial charge in [-0.1, -0.05) is 30.3 Å². The fourth-order valence-electron chi connectivity index (χ4n) is 3.29. The van der Waals surface area contributed by atoms with Crippen LogP contribution in [0.5, 0.6) is 5.75 Å². The Bertz CT molecular complexity index is 963. The summed E-state index contributed by atoms with van der Waals surface area (Å²) >= 11 is 0. The number of piperidine rings is 1. The normalized spacial score (nSPS) is 14.4. The minimum Gasteiger partial charge on any atom is -0.507 e. The van der Waals surface area contributed by atoms with Gasteiger partial charge in [-0.15, -0.1) is 0 Å². The number of phenols is 1. The quantitative estimate of drug-likeness (QED) is 0.788. The Morgan fingerprint density at radius 1 is 0.885 bits per heavy atom. The van der Waals surface area contributed by atoms with Gasteiger partial charge in [-0.2, -0.15) is 14.8 Å². The van der Waals surface area contributed by atoms with Crippen molar-refractivity contribution >= 4 is 5.82 Å². The van der Waals surface area contributed by atoms with E-state index in [4.69, 9.17) is 0 Å². The van der Waals surface area contributed by atoms with E-state index in [-0.39, 0.29) is 5.75 Å². The van der Waals surface area contributed by atoms with Gasteiger partial charge in [0.2, 0.25) is 0 Å². The molecule has 6 heteroatoms. The minimum absolute atomic E-state index is 0.123. The predicted molar refractivity (Wildman–Crippen MR) is 101 cm³/mol. The van der Waals surface area contributed by atoms with Crippen LogP contribution in [0, 0.1) is 0 Å². The van der Waals surface area contributed by atoms with E-state index in [1.54, 1.807) is 18.2 Å². The van der Waals surface area contributed by atoms with Crippen LogP contribution in [0.25, 0.3) is 16.9 Å². The Morgan fingerprint density at radius 3 is 2.31 bits per heavy atom. The number of hydrogen-bond donors (Lipinski definition) is 1. The molecule has 0 aliphatic carbocycles. The maximum Gasteiger partial charge on any atom is 0.370 e. The van der Waals surface area contributed by atoms with Crippen LogP contribution >= 0.6 is 0 Å². The van der Waals surface area contributed by atoms with Crippen LogP contribution in [0.3, 0.4) is 0 Å². The molecule has 0 spiro atoms. The molecule has 1 fully saturated rings. The lowest BCUT2D eigenvalue weighted by atomic mass is 10.1.